The number of carbonyl (C=O) groups excluding carboxylic acids is 1. The molecule has 5 rings (SSSR count). The van der Waals surface area contributed by atoms with E-state index in [1.54, 1.807) is 12.1 Å². The van der Waals surface area contributed by atoms with Crippen molar-refractivity contribution in [2.24, 2.45) is 0 Å². The van der Waals surface area contributed by atoms with Crippen molar-refractivity contribution in [1.82, 2.24) is 14.3 Å². The van der Waals surface area contributed by atoms with E-state index in [2.05, 4.69) is 15.3 Å². The third-order valence-corrected chi connectivity index (χ3v) is 7.79. The van der Waals surface area contributed by atoms with Crippen LogP contribution >= 0.6 is 0 Å². The number of aromatic nitrogens is 2. The molecule has 0 unspecified atom stereocenters. The minimum absolute atomic E-state index is 0.219. The number of nitrogens with one attached hydrogen (secondary N) is 2. The summed E-state index contributed by atoms with van der Waals surface area (Å²) in [5.74, 6) is 0.466. The second kappa shape index (κ2) is 8.80. The lowest BCUT2D eigenvalue weighted by Gasteiger charge is -2.25. The number of sulfonamides is 1. The van der Waals surface area contributed by atoms with E-state index in [-0.39, 0.29) is 10.8 Å². The minimum atomic E-state index is -3.51. The Bertz CT molecular complexity index is 1350. The lowest BCUT2D eigenvalue weighted by molar-refractivity contribution is 0.102. The van der Waals surface area contributed by atoms with Gasteiger partial charge in [-0.2, -0.15) is 4.31 Å². The summed E-state index contributed by atoms with van der Waals surface area (Å²) >= 11 is 0. The van der Waals surface area contributed by atoms with Gasteiger partial charge in [-0.05, 0) is 73.5 Å². The molecule has 1 aliphatic rings. The Morgan fingerprint density at radius 2 is 1.58 bits per heavy atom. The number of nitrogens with zero attached hydrogens (tertiary/aromatic N) is 2. The van der Waals surface area contributed by atoms with E-state index in [4.69, 9.17) is 0 Å². The van der Waals surface area contributed by atoms with E-state index in [0.717, 1.165) is 41.7 Å². The van der Waals surface area contributed by atoms with Gasteiger partial charge < -0.3 is 10.3 Å². The molecule has 0 saturated carbocycles. The number of piperidine rings is 1. The Hall–Kier alpha value is -3.49. The lowest BCUT2D eigenvalue weighted by Crippen LogP contribution is -2.35. The number of amides is 1. The molecule has 8 heteroatoms. The second-order valence-corrected chi connectivity index (χ2v) is 10.1. The molecule has 0 atom stereocenters. The zero-order valence-corrected chi connectivity index (χ0v) is 18.8. The van der Waals surface area contributed by atoms with Crippen molar-refractivity contribution in [3.63, 3.8) is 0 Å². The first-order valence-electron chi connectivity index (χ1n) is 11.0. The van der Waals surface area contributed by atoms with Crippen LogP contribution in [-0.2, 0) is 10.0 Å². The normalized spacial score (nSPS) is 14.9. The maximum atomic E-state index is 12.8. The summed E-state index contributed by atoms with van der Waals surface area (Å²) in [5.41, 5.74) is 3.82. The molecule has 7 nitrogen and oxygen atoms in total. The van der Waals surface area contributed by atoms with Crippen LogP contribution in [0.25, 0.3) is 22.4 Å². The highest BCUT2D eigenvalue weighted by molar-refractivity contribution is 7.89. The second-order valence-electron chi connectivity index (χ2n) is 8.12. The highest BCUT2D eigenvalue weighted by Crippen LogP contribution is 2.23. The van der Waals surface area contributed by atoms with Crippen LogP contribution in [0, 0.1) is 0 Å². The number of carbonyl (C=O) groups is 1. The van der Waals surface area contributed by atoms with Crippen molar-refractivity contribution in [3.8, 4) is 11.4 Å². The van der Waals surface area contributed by atoms with Crippen molar-refractivity contribution in [1.29, 1.82) is 0 Å². The summed E-state index contributed by atoms with van der Waals surface area (Å²) in [6.45, 7) is 1.10. The van der Waals surface area contributed by atoms with Gasteiger partial charge in [0.05, 0.1) is 15.9 Å². The molecule has 1 fully saturated rings. The molecule has 1 aliphatic heterocycles. The summed E-state index contributed by atoms with van der Waals surface area (Å²) in [6.07, 6.45) is 2.83. The van der Waals surface area contributed by atoms with Gasteiger partial charge in [0, 0.05) is 29.9 Å². The molecule has 0 radical (unpaired) electrons. The van der Waals surface area contributed by atoms with Gasteiger partial charge in [0.2, 0.25) is 10.0 Å². The van der Waals surface area contributed by atoms with Crippen molar-refractivity contribution < 1.29 is 13.2 Å². The van der Waals surface area contributed by atoms with Crippen molar-refractivity contribution >= 4 is 32.7 Å². The monoisotopic (exact) mass is 460 g/mol. The fraction of sp³-hybridized carbons (Fsp3) is 0.200. The number of rotatable bonds is 5. The van der Waals surface area contributed by atoms with Crippen molar-refractivity contribution in [2.75, 3.05) is 18.4 Å². The van der Waals surface area contributed by atoms with Gasteiger partial charge in [-0.3, -0.25) is 4.79 Å². The molecule has 2 heterocycles. The number of hydrogen-bond donors (Lipinski definition) is 2. The molecule has 3 aromatic carbocycles. The smallest absolute Gasteiger partial charge is 0.255 e. The van der Waals surface area contributed by atoms with Crippen molar-refractivity contribution in [2.45, 2.75) is 24.2 Å². The summed E-state index contributed by atoms with van der Waals surface area (Å²) in [4.78, 5) is 20.8. The van der Waals surface area contributed by atoms with E-state index in [0.29, 0.717) is 24.3 Å². The minimum Gasteiger partial charge on any atom is -0.338 e. The molecule has 33 heavy (non-hydrogen) atoms. The number of fused-ring (bicyclic) bond motifs is 1. The Morgan fingerprint density at radius 3 is 2.27 bits per heavy atom. The SMILES string of the molecule is O=C(Nc1ccc(-c2nc3ccccc3[nH]2)cc1)c1ccc(S(=O)(=O)N2CCCCC2)cc1. The van der Waals surface area contributed by atoms with Crippen LogP contribution in [0.15, 0.2) is 77.7 Å². The Balaban J connectivity index is 1.27. The van der Waals surface area contributed by atoms with Gasteiger partial charge >= 0.3 is 0 Å². The largest absolute Gasteiger partial charge is 0.338 e. The standard InChI is InChI=1S/C25H24N4O3S/c30-25(19-10-14-21(15-11-19)33(31,32)29-16-4-1-5-17-29)26-20-12-8-18(9-13-20)24-27-22-6-2-3-7-23(22)28-24/h2-3,6-15H,1,4-5,16-17H2,(H,26,30)(H,27,28). The summed E-state index contributed by atoms with van der Waals surface area (Å²) in [5, 5.41) is 2.86. The van der Waals surface area contributed by atoms with Crippen LogP contribution < -0.4 is 5.32 Å². The van der Waals surface area contributed by atoms with Crippen molar-refractivity contribution in [3.05, 3.63) is 78.4 Å². The molecule has 1 aromatic heterocycles. The van der Waals surface area contributed by atoms with Crippen LogP contribution in [-0.4, -0.2) is 41.7 Å². The summed E-state index contributed by atoms with van der Waals surface area (Å²) in [6, 6.07) is 21.3. The Labute approximate surface area is 192 Å². The number of aromatic amines is 1. The van der Waals surface area contributed by atoms with E-state index in [1.807, 2.05) is 48.5 Å². The fourth-order valence-electron chi connectivity index (χ4n) is 4.04. The van der Waals surface area contributed by atoms with E-state index < -0.39 is 10.0 Å². The third-order valence-electron chi connectivity index (χ3n) is 5.87. The zero-order chi connectivity index (χ0) is 22.8. The molecule has 1 amide bonds. The number of anilines is 1. The van der Waals surface area contributed by atoms with Crippen LogP contribution in [0.4, 0.5) is 5.69 Å². The highest BCUT2D eigenvalue weighted by atomic mass is 32.2. The Kier molecular flexibility index (Phi) is 5.70. The molecule has 4 aromatic rings. The average molecular weight is 461 g/mol. The van der Waals surface area contributed by atoms with Crippen LogP contribution in [0.3, 0.4) is 0 Å². The molecule has 0 spiro atoms. The van der Waals surface area contributed by atoms with Gasteiger partial charge in [-0.25, -0.2) is 13.4 Å². The number of H-pyrrole nitrogens is 1. The van der Waals surface area contributed by atoms with E-state index >= 15 is 0 Å². The highest BCUT2D eigenvalue weighted by Gasteiger charge is 2.25. The maximum Gasteiger partial charge on any atom is 0.255 e. The molecular weight excluding hydrogens is 436 g/mol. The number of benzene rings is 3. The molecule has 0 aliphatic carbocycles. The predicted octanol–water partition coefficient (Wildman–Crippen LogP) is 4.66. The molecule has 168 valence electrons. The topological polar surface area (TPSA) is 95.2 Å². The Morgan fingerprint density at radius 1 is 0.879 bits per heavy atom. The number of para-hydroxylation sites is 2. The lowest BCUT2D eigenvalue weighted by atomic mass is 10.1. The molecule has 1 saturated heterocycles. The van der Waals surface area contributed by atoms with E-state index in [1.165, 1.54) is 16.4 Å². The van der Waals surface area contributed by atoms with E-state index in [9.17, 15) is 13.2 Å². The van der Waals surface area contributed by atoms with Crippen LogP contribution in [0.1, 0.15) is 29.6 Å². The van der Waals surface area contributed by atoms with Crippen LogP contribution in [0.2, 0.25) is 0 Å². The van der Waals surface area contributed by atoms with Crippen LogP contribution in [0.5, 0.6) is 0 Å². The first-order chi connectivity index (χ1) is 16.0. The summed E-state index contributed by atoms with van der Waals surface area (Å²) < 4.78 is 27.1. The molecular formula is C25H24N4O3S. The van der Waals surface area contributed by atoms with Gasteiger partial charge in [0.25, 0.3) is 5.91 Å². The maximum absolute atomic E-state index is 12.8. The number of hydrogen-bond acceptors (Lipinski definition) is 4. The van der Waals surface area contributed by atoms with Gasteiger partial charge in [0.15, 0.2) is 0 Å². The molecule has 2 N–H and O–H groups in total. The van der Waals surface area contributed by atoms with Gasteiger partial charge in [0.1, 0.15) is 5.82 Å². The van der Waals surface area contributed by atoms with Gasteiger partial charge in [-0.1, -0.05) is 18.6 Å². The zero-order valence-electron chi connectivity index (χ0n) is 18.0. The quantitative estimate of drug-likeness (QED) is 0.453. The first-order valence-corrected chi connectivity index (χ1v) is 12.4. The average Bonchev–Trinajstić information content (AvgIpc) is 3.29. The number of imidazole rings is 1. The van der Waals surface area contributed by atoms with Gasteiger partial charge in [-0.15, -0.1) is 0 Å². The first kappa shape index (κ1) is 21.4. The molecule has 0 bridgehead atoms. The summed E-state index contributed by atoms with van der Waals surface area (Å²) in [7, 11) is -3.51. The fourth-order valence-corrected chi connectivity index (χ4v) is 5.55. The predicted molar refractivity (Wildman–Crippen MR) is 129 cm³/mol. The third kappa shape index (κ3) is 4.40.